The van der Waals surface area contributed by atoms with Gasteiger partial charge in [0.2, 0.25) is 0 Å². The van der Waals surface area contributed by atoms with E-state index < -0.39 is 16.8 Å². The first-order valence-corrected chi connectivity index (χ1v) is 5.39. The molecule has 0 radical (unpaired) electrons. The first-order chi connectivity index (χ1) is 9.56. The molecule has 0 atom stereocenters. The molecule has 8 heteroatoms. The molecule has 1 aromatic heterocycles. The summed E-state index contributed by atoms with van der Waals surface area (Å²) in [7, 11) is 0. The van der Waals surface area contributed by atoms with Crippen molar-refractivity contribution in [2.24, 2.45) is 0 Å². The number of carbonyl (C=O) groups is 1. The van der Waals surface area contributed by atoms with Crippen LogP contribution in [0.2, 0.25) is 0 Å². The first-order valence-electron chi connectivity index (χ1n) is 5.39. The summed E-state index contributed by atoms with van der Waals surface area (Å²) in [6.45, 7) is 0. The van der Waals surface area contributed by atoms with Crippen molar-refractivity contribution in [3.63, 3.8) is 0 Å². The Balaban J connectivity index is 2.08. The summed E-state index contributed by atoms with van der Waals surface area (Å²) in [6.07, 6.45) is 1.37. The fourth-order valence-electron chi connectivity index (χ4n) is 1.38. The van der Waals surface area contributed by atoms with E-state index in [1.165, 1.54) is 24.4 Å². The minimum Gasteiger partial charge on any atom is -0.410 e. The van der Waals surface area contributed by atoms with Gasteiger partial charge in [-0.25, -0.2) is 9.18 Å². The molecular weight excluding hydrogens is 269 g/mol. The molecule has 0 unspecified atom stereocenters. The number of hydrogen-bond donors (Lipinski definition) is 1. The van der Waals surface area contributed by atoms with Crippen LogP contribution in [0.4, 0.5) is 20.6 Å². The molecule has 7 nitrogen and oxygen atoms in total. The Hall–Kier alpha value is -3.03. The third kappa shape index (κ3) is 3.25. The number of carbonyl (C=O) groups excluding carboxylic acids is 1. The zero-order chi connectivity index (χ0) is 14.5. The van der Waals surface area contributed by atoms with Crippen LogP contribution in [0.15, 0.2) is 42.7 Å². The van der Waals surface area contributed by atoms with Gasteiger partial charge in [-0.05, 0) is 30.3 Å². The molecule has 2 rings (SSSR count). The maximum atomic E-state index is 12.7. The summed E-state index contributed by atoms with van der Waals surface area (Å²) in [4.78, 5) is 25.2. The van der Waals surface area contributed by atoms with Crippen LogP contribution in [0.5, 0.6) is 5.75 Å². The molecule has 2 aromatic rings. The zero-order valence-corrected chi connectivity index (χ0v) is 9.95. The zero-order valence-electron chi connectivity index (χ0n) is 9.95. The Morgan fingerprint density at radius 3 is 2.65 bits per heavy atom. The van der Waals surface area contributed by atoms with Crippen molar-refractivity contribution < 1.29 is 18.8 Å². The molecule has 1 N–H and O–H groups in total. The number of benzene rings is 1. The average molecular weight is 277 g/mol. The SMILES string of the molecule is O=C(Nc1ccncc1[N+](=O)[O-])Oc1ccc(F)cc1. The highest BCUT2D eigenvalue weighted by atomic mass is 19.1. The standard InChI is InChI=1S/C12H8FN3O4/c13-8-1-3-9(4-2-8)20-12(17)15-10-5-6-14-7-11(10)16(18)19/h1-7H,(H,14,15,17). The number of halogens is 1. The van der Waals surface area contributed by atoms with Gasteiger partial charge in [-0.1, -0.05) is 0 Å². The van der Waals surface area contributed by atoms with Crippen molar-refractivity contribution in [2.75, 3.05) is 5.32 Å². The van der Waals surface area contributed by atoms with Gasteiger partial charge < -0.3 is 4.74 Å². The number of anilines is 1. The Bertz CT molecular complexity index is 645. The summed E-state index contributed by atoms with van der Waals surface area (Å²) in [5.41, 5.74) is -0.402. The van der Waals surface area contributed by atoms with E-state index in [-0.39, 0.29) is 17.1 Å². The van der Waals surface area contributed by atoms with Gasteiger partial charge in [-0.15, -0.1) is 0 Å². The van der Waals surface area contributed by atoms with Gasteiger partial charge in [0.05, 0.1) is 4.92 Å². The van der Waals surface area contributed by atoms with Crippen molar-refractivity contribution in [2.45, 2.75) is 0 Å². The van der Waals surface area contributed by atoms with E-state index >= 15 is 0 Å². The molecule has 1 amide bonds. The molecule has 20 heavy (non-hydrogen) atoms. The molecule has 0 aliphatic rings. The number of rotatable bonds is 3. The fourth-order valence-corrected chi connectivity index (χ4v) is 1.38. The van der Waals surface area contributed by atoms with E-state index in [1.54, 1.807) is 0 Å². The number of aromatic nitrogens is 1. The third-order valence-corrected chi connectivity index (χ3v) is 2.26. The third-order valence-electron chi connectivity index (χ3n) is 2.26. The van der Waals surface area contributed by atoms with Crippen LogP contribution in [-0.2, 0) is 0 Å². The van der Waals surface area contributed by atoms with Crippen LogP contribution in [0.3, 0.4) is 0 Å². The average Bonchev–Trinajstić information content (AvgIpc) is 2.41. The lowest BCUT2D eigenvalue weighted by Gasteiger charge is -2.06. The predicted molar refractivity (Wildman–Crippen MR) is 66.9 cm³/mol. The highest BCUT2D eigenvalue weighted by Crippen LogP contribution is 2.22. The van der Waals surface area contributed by atoms with E-state index in [1.807, 2.05) is 0 Å². The lowest BCUT2D eigenvalue weighted by atomic mass is 10.3. The second kappa shape index (κ2) is 5.74. The number of nitrogens with zero attached hydrogens (tertiary/aromatic N) is 2. The van der Waals surface area contributed by atoms with Gasteiger partial charge in [-0.3, -0.25) is 20.4 Å². The fraction of sp³-hybridized carbons (Fsp3) is 0. The van der Waals surface area contributed by atoms with Crippen LogP contribution < -0.4 is 10.1 Å². The number of hydrogen-bond acceptors (Lipinski definition) is 5. The molecule has 1 heterocycles. The van der Waals surface area contributed by atoms with E-state index in [4.69, 9.17) is 4.74 Å². The smallest absolute Gasteiger partial charge is 0.410 e. The minimum atomic E-state index is -0.925. The summed E-state index contributed by atoms with van der Waals surface area (Å²) in [5, 5.41) is 12.9. The van der Waals surface area contributed by atoms with Crippen molar-refractivity contribution in [1.29, 1.82) is 0 Å². The molecule has 0 aliphatic heterocycles. The van der Waals surface area contributed by atoms with Crippen LogP contribution in [0.25, 0.3) is 0 Å². The van der Waals surface area contributed by atoms with Crippen molar-refractivity contribution in [3.05, 3.63) is 58.7 Å². The van der Waals surface area contributed by atoms with Crippen molar-refractivity contribution in [1.82, 2.24) is 4.98 Å². The molecular formula is C12H8FN3O4. The Labute approximate surface area is 112 Å². The Morgan fingerprint density at radius 1 is 1.30 bits per heavy atom. The summed E-state index contributed by atoms with van der Waals surface area (Å²) in [5.74, 6) is -0.358. The highest BCUT2D eigenvalue weighted by molar-refractivity contribution is 5.88. The molecule has 0 saturated heterocycles. The monoisotopic (exact) mass is 277 g/mol. The predicted octanol–water partition coefficient (Wildman–Crippen LogP) is 2.74. The first kappa shape index (κ1) is 13.4. The van der Waals surface area contributed by atoms with E-state index in [0.29, 0.717) is 0 Å². The van der Waals surface area contributed by atoms with Gasteiger partial charge in [-0.2, -0.15) is 0 Å². The minimum absolute atomic E-state index is 0.0443. The largest absolute Gasteiger partial charge is 0.417 e. The Kier molecular flexibility index (Phi) is 3.85. The molecule has 0 fully saturated rings. The van der Waals surface area contributed by atoms with Gasteiger partial charge in [0.1, 0.15) is 23.5 Å². The maximum Gasteiger partial charge on any atom is 0.417 e. The number of ether oxygens (including phenoxy) is 1. The summed E-state index contributed by atoms with van der Waals surface area (Å²) in [6, 6.07) is 6.03. The van der Waals surface area contributed by atoms with E-state index in [9.17, 15) is 19.3 Å². The molecule has 1 aromatic carbocycles. The number of pyridine rings is 1. The van der Waals surface area contributed by atoms with Crippen LogP contribution >= 0.6 is 0 Å². The number of amides is 1. The topological polar surface area (TPSA) is 94.4 Å². The highest BCUT2D eigenvalue weighted by Gasteiger charge is 2.16. The second-order valence-corrected chi connectivity index (χ2v) is 3.62. The van der Waals surface area contributed by atoms with Crippen molar-refractivity contribution >= 4 is 17.5 Å². The molecule has 0 bridgehead atoms. The van der Waals surface area contributed by atoms with Gasteiger partial charge >= 0.3 is 11.8 Å². The van der Waals surface area contributed by atoms with Gasteiger partial charge in [0, 0.05) is 6.20 Å². The normalized spacial score (nSPS) is 9.85. The number of nitro groups is 1. The second-order valence-electron chi connectivity index (χ2n) is 3.62. The molecule has 0 spiro atoms. The summed E-state index contributed by atoms with van der Waals surface area (Å²) < 4.78 is 17.5. The van der Waals surface area contributed by atoms with Crippen LogP contribution in [0, 0.1) is 15.9 Å². The quantitative estimate of drug-likeness (QED) is 0.687. The maximum absolute atomic E-state index is 12.7. The Morgan fingerprint density at radius 2 is 2.00 bits per heavy atom. The molecule has 102 valence electrons. The van der Waals surface area contributed by atoms with Crippen LogP contribution in [0.1, 0.15) is 0 Å². The van der Waals surface area contributed by atoms with Crippen molar-refractivity contribution in [3.8, 4) is 5.75 Å². The van der Waals surface area contributed by atoms with E-state index in [2.05, 4.69) is 10.3 Å². The number of nitrogens with one attached hydrogen (secondary N) is 1. The van der Waals surface area contributed by atoms with Crippen LogP contribution in [-0.4, -0.2) is 16.0 Å². The molecule has 0 saturated carbocycles. The molecule has 0 aliphatic carbocycles. The lowest BCUT2D eigenvalue weighted by molar-refractivity contribution is -0.384. The summed E-state index contributed by atoms with van der Waals surface area (Å²) >= 11 is 0. The van der Waals surface area contributed by atoms with E-state index in [0.717, 1.165) is 18.3 Å². The van der Waals surface area contributed by atoms with Gasteiger partial charge in [0.25, 0.3) is 0 Å². The lowest BCUT2D eigenvalue weighted by Crippen LogP contribution is -2.17. The van der Waals surface area contributed by atoms with Gasteiger partial charge in [0.15, 0.2) is 0 Å².